The molecular formula is C69H134O17P2. The number of carbonyl (C=O) groups is 4. The Kier molecular flexibility index (Phi) is 58.7. The Morgan fingerprint density at radius 1 is 0.330 bits per heavy atom. The molecule has 0 aromatic carbocycles. The second-order valence-corrected chi connectivity index (χ2v) is 28.8. The zero-order valence-electron chi connectivity index (χ0n) is 57.2. The number of phosphoric ester groups is 2. The van der Waals surface area contributed by atoms with Crippen molar-refractivity contribution in [1.29, 1.82) is 0 Å². The summed E-state index contributed by atoms with van der Waals surface area (Å²) < 4.78 is 68.1. The van der Waals surface area contributed by atoms with Crippen molar-refractivity contribution in [2.45, 2.75) is 362 Å². The summed E-state index contributed by atoms with van der Waals surface area (Å²) in [5, 5.41) is 10.6. The molecule has 4 unspecified atom stereocenters. The van der Waals surface area contributed by atoms with Gasteiger partial charge in [-0.2, -0.15) is 0 Å². The van der Waals surface area contributed by atoms with Crippen LogP contribution in [-0.4, -0.2) is 96.7 Å². The molecule has 522 valence electrons. The third-order valence-corrected chi connectivity index (χ3v) is 18.5. The SMILES string of the molecule is CCCCCCCCCC(=O)OC[C@H](COP(=O)(O)OC[C@H](O)COP(=O)(O)OC[C@@H](COC(=O)CCCCCCCCCCC(C)CC)OC(=O)CCCCCCCCCCCCCCCCC(C)CC)OC(=O)CCCCCCCCCCC(C)C. The van der Waals surface area contributed by atoms with E-state index in [4.69, 9.17) is 37.0 Å². The van der Waals surface area contributed by atoms with E-state index in [1.165, 1.54) is 141 Å². The fourth-order valence-corrected chi connectivity index (χ4v) is 11.9. The quantitative estimate of drug-likeness (QED) is 0.0222. The van der Waals surface area contributed by atoms with Gasteiger partial charge >= 0.3 is 39.5 Å². The van der Waals surface area contributed by atoms with E-state index in [0.717, 1.165) is 120 Å². The lowest BCUT2D eigenvalue weighted by molar-refractivity contribution is -0.161. The Labute approximate surface area is 537 Å². The fourth-order valence-electron chi connectivity index (χ4n) is 10.3. The summed E-state index contributed by atoms with van der Waals surface area (Å²) in [6, 6.07) is 0. The van der Waals surface area contributed by atoms with Crippen molar-refractivity contribution in [3.05, 3.63) is 0 Å². The molecule has 88 heavy (non-hydrogen) atoms. The minimum absolute atomic E-state index is 0.104. The van der Waals surface area contributed by atoms with Gasteiger partial charge in [-0.05, 0) is 43.4 Å². The molecule has 0 saturated carbocycles. The highest BCUT2D eigenvalue weighted by Gasteiger charge is 2.30. The summed E-state index contributed by atoms with van der Waals surface area (Å²) in [7, 11) is -9.89. The number of rotatable bonds is 67. The molecule has 0 saturated heterocycles. The Balaban J connectivity index is 5.20. The highest BCUT2D eigenvalue weighted by molar-refractivity contribution is 7.47. The van der Waals surface area contributed by atoms with Crippen molar-refractivity contribution in [3.8, 4) is 0 Å². The molecule has 0 amide bonds. The summed E-state index contributed by atoms with van der Waals surface area (Å²) in [5.41, 5.74) is 0. The Morgan fingerprint density at radius 2 is 0.580 bits per heavy atom. The summed E-state index contributed by atoms with van der Waals surface area (Å²) in [4.78, 5) is 72.3. The second-order valence-electron chi connectivity index (χ2n) is 25.9. The monoisotopic (exact) mass is 1300 g/mol. The van der Waals surface area contributed by atoms with Crippen LogP contribution in [0.25, 0.3) is 0 Å². The number of ether oxygens (including phenoxy) is 4. The van der Waals surface area contributed by atoms with Gasteiger partial charge in [0.2, 0.25) is 0 Å². The molecule has 0 aliphatic heterocycles. The third kappa shape index (κ3) is 60.3. The number of phosphoric acid groups is 2. The van der Waals surface area contributed by atoms with Crippen molar-refractivity contribution >= 4 is 39.5 Å². The maximum atomic E-state index is 13.0. The number of carbonyl (C=O) groups excluding carboxylic acids is 4. The first-order valence-electron chi connectivity index (χ1n) is 35.9. The number of aliphatic hydroxyl groups excluding tert-OH is 1. The average Bonchev–Trinajstić information content (AvgIpc) is 3.55. The van der Waals surface area contributed by atoms with Gasteiger partial charge in [0.25, 0.3) is 0 Å². The van der Waals surface area contributed by atoms with Crippen LogP contribution in [-0.2, 0) is 65.4 Å². The van der Waals surface area contributed by atoms with Crippen LogP contribution in [0.1, 0.15) is 344 Å². The minimum Gasteiger partial charge on any atom is -0.462 e. The van der Waals surface area contributed by atoms with E-state index in [9.17, 15) is 43.2 Å². The van der Waals surface area contributed by atoms with Gasteiger partial charge in [-0.3, -0.25) is 37.3 Å². The number of esters is 4. The average molecular weight is 1300 g/mol. The molecular weight excluding hydrogens is 1160 g/mol. The van der Waals surface area contributed by atoms with Gasteiger partial charge in [-0.15, -0.1) is 0 Å². The van der Waals surface area contributed by atoms with Crippen molar-refractivity contribution in [1.82, 2.24) is 0 Å². The smallest absolute Gasteiger partial charge is 0.462 e. The standard InChI is InChI=1S/C69H134O17P2/c1-8-11-12-13-26-36-43-50-66(71)79-56-64(86-69(74)53-46-39-32-24-22-27-33-40-47-60(4)5)58-83-87(75,76)81-54-63(70)55-82-88(77,78)84-59-65(57-80-67(72)51-44-37-30-25-23-29-35-42-49-62(7)10-3)85-68(73)52-45-38-31-21-19-17-15-14-16-18-20-28-34-41-48-61(6)9-2/h60-65,70H,8-59H2,1-7H3,(H,75,76)(H,77,78)/t61?,62?,63-,64+,65+/m0/s1. The van der Waals surface area contributed by atoms with Crippen LogP contribution in [0.3, 0.4) is 0 Å². The topological polar surface area (TPSA) is 237 Å². The van der Waals surface area contributed by atoms with Crippen LogP contribution in [0.15, 0.2) is 0 Å². The largest absolute Gasteiger partial charge is 0.472 e. The van der Waals surface area contributed by atoms with Crippen LogP contribution in [0.2, 0.25) is 0 Å². The molecule has 0 radical (unpaired) electrons. The summed E-state index contributed by atoms with van der Waals surface area (Å²) >= 11 is 0. The molecule has 0 fully saturated rings. The van der Waals surface area contributed by atoms with Gasteiger partial charge in [0, 0.05) is 25.7 Å². The normalized spacial score (nSPS) is 14.9. The predicted octanol–water partition coefficient (Wildman–Crippen LogP) is 19.5. The van der Waals surface area contributed by atoms with E-state index in [1.54, 1.807) is 0 Å². The number of hydrogen-bond donors (Lipinski definition) is 3. The van der Waals surface area contributed by atoms with Gasteiger partial charge < -0.3 is 33.8 Å². The summed E-state index contributed by atoms with van der Waals surface area (Å²) in [6.45, 7) is 11.8. The molecule has 0 aromatic heterocycles. The van der Waals surface area contributed by atoms with Crippen molar-refractivity contribution in [3.63, 3.8) is 0 Å². The lowest BCUT2D eigenvalue weighted by Crippen LogP contribution is -2.30. The maximum absolute atomic E-state index is 13.0. The molecule has 7 atom stereocenters. The molecule has 0 aliphatic rings. The highest BCUT2D eigenvalue weighted by atomic mass is 31.2. The van der Waals surface area contributed by atoms with Crippen LogP contribution < -0.4 is 0 Å². The molecule has 0 aliphatic carbocycles. The Hall–Kier alpha value is -1.94. The van der Waals surface area contributed by atoms with Crippen molar-refractivity contribution in [2.75, 3.05) is 39.6 Å². The van der Waals surface area contributed by atoms with Crippen LogP contribution in [0.4, 0.5) is 0 Å². The van der Waals surface area contributed by atoms with E-state index in [-0.39, 0.29) is 25.7 Å². The lowest BCUT2D eigenvalue weighted by Gasteiger charge is -2.21. The summed E-state index contributed by atoms with van der Waals surface area (Å²) in [5.74, 6) is 0.208. The first kappa shape index (κ1) is 86.1. The first-order valence-corrected chi connectivity index (χ1v) is 38.9. The zero-order chi connectivity index (χ0) is 65.2. The minimum atomic E-state index is -4.95. The van der Waals surface area contributed by atoms with Crippen LogP contribution in [0, 0.1) is 17.8 Å². The van der Waals surface area contributed by atoms with E-state index >= 15 is 0 Å². The van der Waals surface area contributed by atoms with Crippen molar-refractivity contribution in [2.24, 2.45) is 17.8 Å². The highest BCUT2D eigenvalue weighted by Crippen LogP contribution is 2.45. The van der Waals surface area contributed by atoms with E-state index in [2.05, 4.69) is 48.5 Å². The molecule has 0 bridgehead atoms. The number of hydrogen-bond acceptors (Lipinski definition) is 15. The maximum Gasteiger partial charge on any atom is 0.472 e. The van der Waals surface area contributed by atoms with Crippen molar-refractivity contribution < 1.29 is 80.2 Å². The fraction of sp³-hybridized carbons (Fsp3) is 0.942. The Bertz CT molecular complexity index is 1740. The van der Waals surface area contributed by atoms with E-state index in [0.29, 0.717) is 25.7 Å². The van der Waals surface area contributed by atoms with E-state index in [1.807, 2.05) is 0 Å². The number of unbranched alkanes of at least 4 members (excludes halogenated alkanes) is 33. The van der Waals surface area contributed by atoms with Crippen LogP contribution in [0.5, 0.6) is 0 Å². The van der Waals surface area contributed by atoms with E-state index < -0.39 is 97.5 Å². The number of aliphatic hydroxyl groups is 1. The molecule has 0 spiro atoms. The molecule has 0 rings (SSSR count). The van der Waals surface area contributed by atoms with Gasteiger partial charge in [-0.1, -0.05) is 292 Å². The predicted molar refractivity (Wildman–Crippen MR) is 354 cm³/mol. The van der Waals surface area contributed by atoms with Gasteiger partial charge in [-0.25, -0.2) is 9.13 Å². The molecule has 0 aromatic rings. The zero-order valence-corrected chi connectivity index (χ0v) is 59.0. The molecule has 19 heteroatoms. The molecule has 0 heterocycles. The third-order valence-electron chi connectivity index (χ3n) is 16.6. The summed E-state index contributed by atoms with van der Waals surface area (Å²) in [6.07, 6.45) is 43.1. The van der Waals surface area contributed by atoms with Gasteiger partial charge in [0.1, 0.15) is 19.3 Å². The lowest BCUT2D eigenvalue weighted by atomic mass is 9.99. The van der Waals surface area contributed by atoms with Crippen LogP contribution >= 0.6 is 15.6 Å². The first-order chi connectivity index (χ1) is 42.3. The second kappa shape index (κ2) is 60.0. The molecule has 17 nitrogen and oxygen atoms in total. The van der Waals surface area contributed by atoms with Gasteiger partial charge in [0.05, 0.1) is 26.4 Å². The van der Waals surface area contributed by atoms with Gasteiger partial charge in [0.15, 0.2) is 12.2 Å². The molecule has 3 N–H and O–H groups in total. The Morgan fingerprint density at radius 3 is 0.864 bits per heavy atom.